The summed E-state index contributed by atoms with van der Waals surface area (Å²) in [6.45, 7) is 3.98. The van der Waals surface area contributed by atoms with Crippen LogP contribution in [-0.4, -0.2) is 19.6 Å². The Balaban J connectivity index is 2.46. The molecule has 0 saturated heterocycles. The molecule has 0 aliphatic heterocycles. The highest BCUT2D eigenvalue weighted by Crippen LogP contribution is 2.28. The lowest BCUT2D eigenvalue weighted by atomic mass is 10.0. The summed E-state index contributed by atoms with van der Waals surface area (Å²) in [7, 11) is 3.58. The third kappa shape index (κ3) is 1.96. The molecule has 0 spiro atoms. The third-order valence-corrected chi connectivity index (χ3v) is 3.89. The van der Waals surface area contributed by atoms with Crippen molar-refractivity contribution in [2.45, 2.75) is 20.3 Å². The van der Waals surface area contributed by atoms with Crippen molar-refractivity contribution in [2.75, 3.05) is 0 Å². The normalized spacial score (nSPS) is 11.2. The molecule has 21 heavy (non-hydrogen) atoms. The lowest BCUT2D eigenvalue weighted by molar-refractivity contribution is 0.684. The quantitative estimate of drug-likeness (QED) is 0.724. The Morgan fingerprint density at radius 1 is 1.10 bits per heavy atom. The van der Waals surface area contributed by atoms with E-state index in [4.69, 9.17) is 0 Å². The SMILES string of the molecule is CCc1c(C)nn(C)c(=O)c1-c1nn(C)c2ccccc12. The molecule has 0 fully saturated rings. The molecular formula is C16H18N4O. The highest BCUT2D eigenvalue weighted by atomic mass is 16.1. The fourth-order valence-corrected chi connectivity index (χ4v) is 2.88. The first-order chi connectivity index (χ1) is 10.0. The molecule has 0 radical (unpaired) electrons. The van der Waals surface area contributed by atoms with E-state index in [0.29, 0.717) is 5.56 Å². The Hall–Kier alpha value is -2.43. The molecule has 3 rings (SSSR count). The van der Waals surface area contributed by atoms with E-state index in [1.807, 2.05) is 49.8 Å². The average Bonchev–Trinajstić information content (AvgIpc) is 2.80. The van der Waals surface area contributed by atoms with E-state index in [0.717, 1.165) is 34.3 Å². The number of fused-ring (bicyclic) bond motifs is 1. The summed E-state index contributed by atoms with van der Waals surface area (Å²) in [5.41, 5.74) is 4.19. The number of aromatic nitrogens is 4. The molecule has 2 aromatic heterocycles. The number of nitrogens with zero attached hydrogens (tertiary/aromatic N) is 4. The molecule has 5 heteroatoms. The molecule has 5 nitrogen and oxygen atoms in total. The van der Waals surface area contributed by atoms with Crippen LogP contribution in [0.5, 0.6) is 0 Å². The van der Waals surface area contributed by atoms with Gasteiger partial charge in [-0.3, -0.25) is 9.48 Å². The van der Waals surface area contributed by atoms with Crippen molar-refractivity contribution in [3.8, 4) is 11.3 Å². The molecule has 0 atom stereocenters. The van der Waals surface area contributed by atoms with Gasteiger partial charge < -0.3 is 0 Å². The lowest BCUT2D eigenvalue weighted by Gasteiger charge is -2.10. The van der Waals surface area contributed by atoms with Crippen LogP contribution in [0.15, 0.2) is 29.1 Å². The van der Waals surface area contributed by atoms with Crippen LogP contribution in [-0.2, 0) is 20.5 Å². The van der Waals surface area contributed by atoms with Gasteiger partial charge in [-0.25, -0.2) is 4.68 Å². The number of rotatable bonds is 2. The minimum absolute atomic E-state index is 0.0960. The van der Waals surface area contributed by atoms with Crippen LogP contribution in [0.1, 0.15) is 18.2 Å². The third-order valence-electron chi connectivity index (χ3n) is 3.89. The summed E-state index contributed by atoms with van der Waals surface area (Å²) in [6.07, 6.45) is 0.759. The summed E-state index contributed by atoms with van der Waals surface area (Å²) in [6, 6.07) is 7.96. The molecule has 108 valence electrons. The van der Waals surface area contributed by atoms with Gasteiger partial charge in [0.15, 0.2) is 0 Å². The van der Waals surface area contributed by atoms with Crippen LogP contribution in [0, 0.1) is 6.92 Å². The fourth-order valence-electron chi connectivity index (χ4n) is 2.88. The minimum atomic E-state index is -0.0960. The molecule has 3 aromatic rings. The molecule has 2 heterocycles. The van der Waals surface area contributed by atoms with Crippen LogP contribution in [0.2, 0.25) is 0 Å². The maximum atomic E-state index is 12.6. The van der Waals surface area contributed by atoms with E-state index >= 15 is 0 Å². The van der Waals surface area contributed by atoms with Gasteiger partial charge in [0.2, 0.25) is 0 Å². The van der Waals surface area contributed by atoms with Gasteiger partial charge in [-0.1, -0.05) is 25.1 Å². The van der Waals surface area contributed by atoms with Crippen LogP contribution in [0.4, 0.5) is 0 Å². The fraction of sp³-hybridized carbons (Fsp3) is 0.312. The maximum absolute atomic E-state index is 12.6. The highest BCUT2D eigenvalue weighted by molar-refractivity contribution is 5.93. The zero-order valence-corrected chi connectivity index (χ0v) is 12.7. The first-order valence-corrected chi connectivity index (χ1v) is 7.03. The van der Waals surface area contributed by atoms with E-state index in [1.54, 1.807) is 7.05 Å². The predicted octanol–water partition coefficient (Wildman–Crippen LogP) is 2.20. The van der Waals surface area contributed by atoms with Gasteiger partial charge >= 0.3 is 0 Å². The summed E-state index contributed by atoms with van der Waals surface area (Å²) in [5, 5.41) is 9.87. The molecule has 0 bridgehead atoms. The minimum Gasteiger partial charge on any atom is -0.267 e. The zero-order valence-electron chi connectivity index (χ0n) is 12.7. The first-order valence-electron chi connectivity index (χ1n) is 7.03. The van der Waals surface area contributed by atoms with Gasteiger partial charge in [0, 0.05) is 19.5 Å². The van der Waals surface area contributed by atoms with Crippen LogP contribution >= 0.6 is 0 Å². The van der Waals surface area contributed by atoms with Crippen molar-refractivity contribution in [1.82, 2.24) is 19.6 Å². The summed E-state index contributed by atoms with van der Waals surface area (Å²) in [4.78, 5) is 12.6. The standard InChI is InChI=1S/C16H18N4O/c1-5-11-10(2)17-20(4)16(21)14(11)15-12-8-6-7-9-13(12)19(3)18-15/h6-9H,5H2,1-4H3. The molecule has 0 aliphatic rings. The van der Waals surface area contributed by atoms with Crippen molar-refractivity contribution in [2.24, 2.45) is 14.1 Å². The Bertz CT molecular complexity index is 889. The summed E-state index contributed by atoms with van der Waals surface area (Å²) >= 11 is 0. The van der Waals surface area contributed by atoms with E-state index < -0.39 is 0 Å². The highest BCUT2D eigenvalue weighted by Gasteiger charge is 2.19. The first kappa shape index (κ1) is 13.5. The second-order valence-corrected chi connectivity index (χ2v) is 5.21. The second kappa shape index (κ2) is 4.84. The molecular weight excluding hydrogens is 264 g/mol. The van der Waals surface area contributed by atoms with Crippen molar-refractivity contribution in [3.05, 3.63) is 45.9 Å². The molecule has 1 aromatic carbocycles. The molecule has 0 amide bonds. The molecule has 0 unspecified atom stereocenters. The van der Waals surface area contributed by atoms with Crippen LogP contribution < -0.4 is 5.56 Å². The Morgan fingerprint density at radius 2 is 1.81 bits per heavy atom. The number of aryl methyl sites for hydroxylation is 3. The van der Waals surface area contributed by atoms with E-state index in [9.17, 15) is 4.79 Å². The smallest absolute Gasteiger partial charge is 0.267 e. The van der Waals surface area contributed by atoms with Gasteiger partial charge in [-0.2, -0.15) is 10.2 Å². The van der Waals surface area contributed by atoms with Gasteiger partial charge in [0.25, 0.3) is 5.56 Å². The lowest BCUT2D eigenvalue weighted by Crippen LogP contribution is -2.24. The Labute approximate surface area is 122 Å². The monoisotopic (exact) mass is 282 g/mol. The summed E-state index contributed by atoms with van der Waals surface area (Å²) < 4.78 is 3.21. The van der Waals surface area contributed by atoms with Gasteiger partial charge in [0.1, 0.15) is 5.69 Å². The largest absolute Gasteiger partial charge is 0.276 e. The van der Waals surface area contributed by atoms with Crippen LogP contribution in [0.25, 0.3) is 22.2 Å². The Morgan fingerprint density at radius 3 is 2.52 bits per heavy atom. The van der Waals surface area contributed by atoms with Gasteiger partial charge in [0.05, 0.1) is 16.8 Å². The summed E-state index contributed by atoms with van der Waals surface area (Å²) in [5.74, 6) is 0. The second-order valence-electron chi connectivity index (χ2n) is 5.21. The number of hydrogen-bond donors (Lipinski definition) is 0. The number of para-hydroxylation sites is 1. The predicted molar refractivity (Wildman–Crippen MR) is 83.3 cm³/mol. The van der Waals surface area contributed by atoms with Crippen molar-refractivity contribution >= 4 is 10.9 Å². The van der Waals surface area contributed by atoms with Crippen molar-refractivity contribution in [3.63, 3.8) is 0 Å². The van der Waals surface area contributed by atoms with E-state index in [-0.39, 0.29) is 5.56 Å². The average molecular weight is 282 g/mol. The zero-order chi connectivity index (χ0) is 15.1. The topological polar surface area (TPSA) is 52.7 Å². The number of benzene rings is 1. The van der Waals surface area contributed by atoms with Gasteiger partial charge in [-0.15, -0.1) is 0 Å². The molecule has 0 saturated carbocycles. The molecule has 0 N–H and O–H groups in total. The van der Waals surface area contributed by atoms with E-state index in [2.05, 4.69) is 10.2 Å². The maximum Gasteiger partial charge on any atom is 0.276 e. The van der Waals surface area contributed by atoms with E-state index in [1.165, 1.54) is 4.68 Å². The Kier molecular flexibility index (Phi) is 3.12. The van der Waals surface area contributed by atoms with Crippen molar-refractivity contribution < 1.29 is 0 Å². The number of hydrogen-bond acceptors (Lipinski definition) is 3. The molecule has 0 aliphatic carbocycles. The van der Waals surface area contributed by atoms with Crippen LogP contribution in [0.3, 0.4) is 0 Å². The van der Waals surface area contributed by atoms with Gasteiger partial charge in [-0.05, 0) is 25.0 Å². The van der Waals surface area contributed by atoms with Crippen molar-refractivity contribution in [1.29, 1.82) is 0 Å².